The van der Waals surface area contributed by atoms with E-state index < -0.39 is 17.4 Å². The fourth-order valence-electron chi connectivity index (χ4n) is 3.39. The average Bonchev–Trinajstić information content (AvgIpc) is 2.73. The Labute approximate surface area is 168 Å². The average molecular weight is 405 g/mol. The third-order valence-corrected chi connectivity index (χ3v) is 7.89. The van der Waals surface area contributed by atoms with Gasteiger partial charge in [-0.3, -0.25) is 4.79 Å². The number of thioether (sulfide) groups is 2. The molecule has 1 aliphatic heterocycles. The number of rotatable bonds is 5. The zero-order valence-corrected chi connectivity index (χ0v) is 16.9. The predicted octanol–water partition coefficient (Wildman–Crippen LogP) is 4.05. The van der Waals surface area contributed by atoms with Gasteiger partial charge in [-0.05, 0) is 48.5 Å². The first kappa shape index (κ1) is 20.1. The van der Waals surface area contributed by atoms with Gasteiger partial charge in [0.25, 0.3) is 5.91 Å². The van der Waals surface area contributed by atoms with Crippen molar-refractivity contribution in [2.45, 2.75) is 48.6 Å². The molecule has 2 fully saturated rings. The van der Waals surface area contributed by atoms with Crippen LogP contribution in [0, 0.1) is 11.3 Å². The van der Waals surface area contributed by atoms with Crippen LogP contribution in [-0.4, -0.2) is 35.5 Å². The molecule has 0 atom stereocenters. The molecule has 2 aliphatic rings. The van der Waals surface area contributed by atoms with Crippen molar-refractivity contribution in [2.24, 2.45) is 0 Å². The van der Waals surface area contributed by atoms with E-state index in [9.17, 15) is 14.9 Å². The van der Waals surface area contributed by atoms with Crippen LogP contribution in [-0.2, 0) is 9.53 Å². The first-order valence-corrected chi connectivity index (χ1v) is 11.4. The van der Waals surface area contributed by atoms with Gasteiger partial charge in [0.15, 0.2) is 6.61 Å². The maximum Gasteiger partial charge on any atom is 0.338 e. The van der Waals surface area contributed by atoms with Crippen molar-refractivity contribution in [1.82, 2.24) is 5.32 Å². The van der Waals surface area contributed by atoms with Crippen molar-refractivity contribution in [3.8, 4) is 6.07 Å². The fourth-order valence-corrected chi connectivity index (χ4v) is 6.29. The second kappa shape index (κ2) is 9.52. The van der Waals surface area contributed by atoms with Crippen molar-refractivity contribution in [2.75, 3.05) is 18.1 Å². The second-order valence-corrected chi connectivity index (χ2v) is 9.65. The monoisotopic (exact) mass is 404 g/mol. The minimum Gasteiger partial charge on any atom is -0.452 e. The Bertz CT molecular complexity index is 703. The molecule has 1 amide bonds. The Balaban J connectivity index is 1.49. The minimum atomic E-state index is -0.807. The maximum atomic E-state index is 12.2. The summed E-state index contributed by atoms with van der Waals surface area (Å²) < 4.78 is 5.56. The Kier molecular flexibility index (Phi) is 7.08. The van der Waals surface area contributed by atoms with E-state index in [-0.39, 0.29) is 6.61 Å². The molecule has 5 nitrogen and oxygen atoms in total. The maximum absolute atomic E-state index is 12.2. The highest BCUT2D eigenvalue weighted by Crippen LogP contribution is 2.43. The fraction of sp³-hybridized carbons (Fsp3) is 0.550. The molecular formula is C20H24N2O3S2. The largest absolute Gasteiger partial charge is 0.452 e. The van der Waals surface area contributed by atoms with E-state index in [1.54, 1.807) is 12.1 Å². The van der Waals surface area contributed by atoms with Crippen LogP contribution in [0.25, 0.3) is 0 Å². The van der Waals surface area contributed by atoms with Gasteiger partial charge in [0, 0.05) is 0 Å². The molecule has 1 heterocycles. The summed E-state index contributed by atoms with van der Waals surface area (Å²) >= 11 is 3.86. The van der Waals surface area contributed by atoms with Crippen LogP contribution in [0.4, 0.5) is 0 Å². The molecule has 1 aromatic rings. The van der Waals surface area contributed by atoms with Gasteiger partial charge in [-0.25, -0.2) is 4.79 Å². The summed E-state index contributed by atoms with van der Waals surface area (Å²) in [5.41, 5.74) is 0.830. The van der Waals surface area contributed by atoms with Crippen molar-refractivity contribution in [3.05, 3.63) is 35.4 Å². The summed E-state index contributed by atoms with van der Waals surface area (Å²) in [6, 6.07) is 9.65. The van der Waals surface area contributed by atoms with Crippen molar-refractivity contribution < 1.29 is 14.3 Å². The summed E-state index contributed by atoms with van der Waals surface area (Å²) in [5, 5.41) is 12.2. The number of benzene rings is 1. The lowest BCUT2D eigenvalue weighted by molar-refractivity contribution is -0.125. The predicted molar refractivity (Wildman–Crippen MR) is 109 cm³/mol. The van der Waals surface area contributed by atoms with Gasteiger partial charge >= 0.3 is 5.97 Å². The number of carbonyl (C=O) groups excluding carboxylic acids is 2. The van der Waals surface area contributed by atoms with Crippen LogP contribution < -0.4 is 5.32 Å². The van der Waals surface area contributed by atoms with Crippen molar-refractivity contribution in [3.63, 3.8) is 0 Å². The van der Waals surface area contributed by atoms with Gasteiger partial charge in [-0.1, -0.05) is 31.4 Å². The first-order valence-electron chi connectivity index (χ1n) is 9.34. The smallest absolute Gasteiger partial charge is 0.338 e. The molecule has 0 radical (unpaired) electrons. The van der Waals surface area contributed by atoms with Crippen LogP contribution in [0.1, 0.15) is 59.0 Å². The van der Waals surface area contributed by atoms with E-state index in [4.69, 9.17) is 4.74 Å². The number of ether oxygens (including phenoxy) is 1. The Hall–Kier alpha value is -1.65. The molecule has 1 saturated carbocycles. The molecule has 7 heteroatoms. The Morgan fingerprint density at radius 2 is 1.78 bits per heavy atom. The molecule has 1 aliphatic carbocycles. The van der Waals surface area contributed by atoms with Crippen LogP contribution in [0.3, 0.4) is 0 Å². The van der Waals surface area contributed by atoms with Crippen LogP contribution in [0.2, 0.25) is 0 Å². The number of nitrogens with zero attached hydrogens (tertiary/aromatic N) is 1. The lowest BCUT2D eigenvalue weighted by Gasteiger charge is -2.31. The Morgan fingerprint density at radius 3 is 2.41 bits per heavy atom. The van der Waals surface area contributed by atoms with Crippen LogP contribution in [0.5, 0.6) is 0 Å². The molecule has 0 aromatic heterocycles. The van der Waals surface area contributed by atoms with Gasteiger partial charge in [-0.2, -0.15) is 5.26 Å². The molecule has 1 N–H and O–H groups in total. The van der Waals surface area contributed by atoms with Gasteiger partial charge < -0.3 is 10.1 Å². The topological polar surface area (TPSA) is 79.2 Å². The molecular weight excluding hydrogens is 380 g/mol. The zero-order chi connectivity index (χ0) is 19.1. The first-order chi connectivity index (χ1) is 13.1. The number of hydrogen-bond donors (Lipinski definition) is 1. The summed E-state index contributed by atoms with van der Waals surface area (Å²) in [6.07, 6.45) is 5.49. The van der Waals surface area contributed by atoms with E-state index in [0.717, 1.165) is 19.3 Å². The molecule has 1 saturated heterocycles. The van der Waals surface area contributed by atoms with E-state index in [0.29, 0.717) is 23.0 Å². The highest BCUT2D eigenvalue weighted by Gasteiger charge is 2.33. The SMILES string of the molecule is N#CC1(NC(=O)COC(=O)c2ccc(C3SCCCS3)cc2)CCCCC1. The molecule has 0 spiro atoms. The summed E-state index contributed by atoms with van der Waals surface area (Å²) in [4.78, 5) is 24.3. The number of carbonyl (C=O) groups is 2. The van der Waals surface area contributed by atoms with Gasteiger partial charge in [-0.15, -0.1) is 23.5 Å². The molecule has 3 rings (SSSR count). The molecule has 0 unspecified atom stereocenters. The number of nitriles is 1. The highest BCUT2D eigenvalue weighted by atomic mass is 32.2. The van der Waals surface area contributed by atoms with Crippen LogP contribution in [0.15, 0.2) is 24.3 Å². The highest BCUT2D eigenvalue weighted by molar-refractivity contribution is 8.16. The Morgan fingerprint density at radius 1 is 1.11 bits per heavy atom. The lowest BCUT2D eigenvalue weighted by atomic mass is 9.83. The third kappa shape index (κ3) is 5.43. The lowest BCUT2D eigenvalue weighted by Crippen LogP contribution is -2.50. The van der Waals surface area contributed by atoms with Gasteiger partial charge in [0.05, 0.1) is 16.2 Å². The van der Waals surface area contributed by atoms with E-state index >= 15 is 0 Å². The second-order valence-electron chi connectivity index (χ2n) is 6.93. The third-order valence-electron chi connectivity index (χ3n) is 4.88. The van der Waals surface area contributed by atoms with Crippen LogP contribution >= 0.6 is 23.5 Å². The normalized spacial score (nSPS) is 19.7. The number of esters is 1. The van der Waals surface area contributed by atoms with Gasteiger partial charge in [0.2, 0.25) is 0 Å². The summed E-state index contributed by atoms with van der Waals surface area (Å²) in [6.45, 7) is -0.363. The molecule has 1 aromatic carbocycles. The quantitative estimate of drug-likeness (QED) is 0.746. The summed E-state index contributed by atoms with van der Waals surface area (Å²) in [7, 11) is 0. The van der Waals surface area contributed by atoms with E-state index in [1.807, 2.05) is 35.7 Å². The summed E-state index contributed by atoms with van der Waals surface area (Å²) in [5.74, 6) is 1.40. The minimum absolute atomic E-state index is 0.363. The molecule has 27 heavy (non-hydrogen) atoms. The number of nitrogens with one attached hydrogen (secondary N) is 1. The van der Waals surface area contributed by atoms with Gasteiger partial charge in [0.1, 0.15) is 5.54 Å². The molecule has 144 valence electrons. The van der Waals surface area contributed by atoms with E-state index in [2.05, 4.69) is 11.4 Å². The zero-order valence-electron chi connectivity index (χ0n) is 15.2. The number of hydrogen-bond acceptors (Lipinski definition) is 6. The standard InChI is InChI=1S/C20H24N2O3S2/c21-14-20(9-2-1-3-10-20)22-17(23)13-25-18(24)15-5-7-16(8-6-15)19-26-11-4-12-27-19/h5-8,19H,1-4,9-13H2,(H,22,23). The van der Waals surface area contributed by atoms with E-state index in [1.165, 1.54) is 23.5 Å². The number of amides is 1. The molecule has 0 bridgehead atoms. The van der Waals surface area contributed by atoms with Crippen molar-refractivity contribution in [1.29, 1.82) is 5.26 Å². The van der Waals surface area contributed by atoms with Crippen molar-refractivity contribution >= 4 is 35.4 Å².